The van der Waals surface area contributed by atoms with E-state index < -0.39 is 0 Å². The Morgan fingerprint density at radius 1 is 0.880 bits per heavy atom. The number of rotatable bonds is 4. The largest absolute Gasteiger partial charge is 0.493 e. The van der Waals surface area contributed by atoms with Gasteiger partial charge in [0.2, 0.25) is 5.88 Å². The Kier molecular flexibility index (Phi) is 4.07. The molecule has 0 aliphatic rings. The van der Waals surface area contributed by atoms with Gasteiger partial charge in [0.05, 0.1) is 7.11 Å². The van der Waals surface area contributed by atoms with Gasteiger partial charge >= 0.3 is 0 Å². The maximum Gasteiger partial charge on any atom is 0.237 e. The fourth-order valence-corrected chi connectivity index (χ4v) is 2.69. The molecular formula is C18H13BrN4O2. The number of hydrogen-bond donors (Lipinski definition) is 0. The highest BCUT2D eigenvalue weighted by molar-refractivity contribution is 9.10. The Hall–Kier alpha value is -2.93. The third-order valence-electron chi connectivity index (χ3n) is 3.62. The van der Waals surface area contributed by atoms with Crippen LogP contribution < -0.4 is 9.47 Å². The number of para-hydroxylation sites is 2. The molecule has 2 heterocycles. The summed E-state index contributed by atoms with van der Waals surface area (Å²) in [6.45, 7) is 0. The molecule has 25 heavy (non-hydrogen) atoms. The van der Waals surface area contributed by atoms with Crippen molar-refractivity contribution >= 4 is 21.6 Å². The van der Waals surface area contributed by atoms with E-state index in [4.69, 9.17) is 9.47 Å². The first-order chi connectivity index (χ1) is 12.2. The lowest BCUT2D eigenvalue weighted by atomic mass is 10.2. The molecule has 124 valence electrons. The zero-order valence-corrected chi connectivity index (χ0v) is 14.8. The van der Waals surface area contributed by atoms with E-state index in [9.17, 15) is 0 Å². The molecule has 0 saturated carbocycles. The smallest absolute Gasteiger partial charge is 0.237 e. The molecule has 4 aromatic rings. The molecule has 0 N–H and O–H groups in total. The third kappa shape index (κ3) is 3.06. The second-order valence-electron chi connectivity index (χ2n) is 5.22. The van der Waals surface area contributed by atoms with Crippen LogP contribution in [0.25, 0.3) is 17.0 Å². The second kappa shape index (κ2) is 6.52. The first-order valence-corrected chi connectivity index (χ1v) is 8.33. The van der Waals surface area contributed by atoms with E-state index in [2.05, 4.69) is 31.2 Å². The van der Waals surface area contributed by atoms with E-state index in [0.717, 1.165) is 10.0 Å². The minimum atomic E-state index is 0.426. The molecule has 0 fully saturated rings. The van der Waals surface area contributed by atoms with Crippen molar-refractivity contribution < 1.29 is 9.47 Å². The standard InChI is InChI=1S/C18H13BrN4O2/c1-24-14-4-2-3-5-15(14)25-17-11-10-16-20-21-18(23(16)22-17)12-6-8-13(19)9-7-12/h2-11H,1H3. The van der Waals surface area contributed by atoms with Crippen LogP contribution in [0.1, 0.15) is 0 Å². The van der Waals surface area contributed by atoms with Gasteiger partial charge in [0.15, 0.2) is 23.0 Å². The summed E-state index contributed by atoms with van der Waals surface area (Å²) in [5, 5.41) is 12.9. The van der Waals surface area contributed by atoms with Crippen molar-refractivity contribution in [2.24, 2.45) is 0 Å². The van der Waals surface area contributed by atoms with Crippen molar-refractivity contribution in [1.82, 2.24) is 19.8 Å². The lowest BCUT2D eigenvalue weighted by Gasteiger charge is -2.09. The number of ether oxygens (including phenoxy) is 2. The van der Waals surface area contributed by atoms with Gasteiger partial charge in [-0.2, -0.15) is 4.52 Å². The Morgan fingerprint density at radius 3 is 2.40 bits per heavy atom. The van der Waals surface area contributed by atoms with Crippen molar-refractivity contribution in [1.29, 1.82) is 0 Å². The molecule has 0 saturated heterocycles. The van der Waals surface area contributed by atoms with E-state index in [0.29, 0.717) is 28.9 Å². The summed E-state index contributed by atoms with van der Waals surface area (Å²) >= 11 is 3.43. The number of methoxy groups -OCH3 is 1. The lowest BCUT2D eigenvalue weighted by molar-refractivity contribution is 0.372. The SMILES string of the molecule is COc1ccccc1Oc1ccc2nnc(-c3ccc(Br)cc3)n2n1. The summed E-state index contributed by atoms with van der Waals surface area (Å²) in [4.78, 5) is 0. The van der Waals surface area contributed by atoms with Crippen LogP contribution in [0.2, 0.25) is 0 Å². The molecule has 4 rings (SSSR count). The zero-order valence-electron chi connectivity index (χ0n) is 13.3. The molecule has 0 aliphatic carbocycles. The average molecular weight is 397 g/mol. The van der Waals surface area contributed by atoms with Crippen LogP contribution in [0.3, 0.4) is 0 Å². The van der Waals surface area contributed by atoms with Crippen LogP contribution in [0.15, 0.2) is 65.1 Å². The van der Waals surface area contributed by atoms with Gasteiger partial charge in [0, 0.05) is 16.1 Å². The molecule has 0 amide bonds. The predicted molar refractivity (Wildman–Crippen MR) is 97.0 cm³/mol. The van der Waals surface area contributed by atoms with Crippen molar-refractivity contribution in [2.45, 2.75) is 0 Å². The Labute approximate surface area is 152 Å². The monoisotopic (exact) mass is 396 g/mol. The molecule has 7 heteroatoms. The number of halogens is 1. The maximum atomic E-state index is 5.87. The van der Waals surface area contributed by atoms with Crippen molar-refractivity contribution in [2.75, 3.05) is 7.11 Å². The number of hydrogen-bond acceptors (Lipinski definition) is 5. The molecule has 0 radical (unpaired) electrons. The number of aromatic nitrogens is 4. The summed E-state index contributed by atoms with van der Waals surface area (Å²) < 4.78 is 13.8. The molecule has 0 bridgehead atoms. The minimum absolute atomic E-state index is 0.426. The maximum absolute atomic E-state index is 5.87. The predicted octanol–water partition coefficient (Wildman–Crippen LogP) is 4.35. The quantitative estimate of drug-likeness (QED) is 0.512. The lowest BCUT2D eigenvalue weighted by Crippen LogP contribution is -1.98. The number of fused-ring (bicyclic) bond motifs is 1. The van der Waals surface area contributed by atoms with Gasteiger partial charge in [0.1, 0.15) is 0 Å². The van der Waals surface area contributed by atoms with Gasteiger partial charge in [-0.15, -0.1) is 15.3 Å². The number of nitrogens with zero attached hydrogens (tertiary/aromatic N) is 4. The van der Waals surface area contributed by atoms with E-state index in [1.165, 1.54) is 0 Å². The van der Waals surface area contributed by atoms with Crippen molar-refractivity contribution in [3.05, 3.63) is 65.1 Å². The van der Waals surface area contributed by atoms with Gasteiger partial charge in [-0.1, -0.05) is 40.2 Å². The van der Waals surface area contributed by atoms with Crippen molar-refractivity contribution in [3.8, 4) is 28.8 Å². The first kappa shape index (κ1) is 15.6. The highest BCUT2D eigenvalue weighted by Crippen LogP contribution is 2.30. The van der Waals surface area contributed by atoms with E-state index in [1.807, 2.05) is 54.6 Å². The molecule has 0 unspecified atom stereocenters. The molecule has 2 aromatic carbocycles. The highest BCUT2D eigenvalue weighted by atomic mass is 79.9. The van der Waals surface area contributed by atoms with Gasteiger partial charge in [-0.25, -0.2) is 0 Å². The zero-order chi connectivity index (χ0) is 17.2. The van der Waals surface area contributed by atoms with E-state index >= 15 is 0 Å². The molecular weight excluding hydrogens is 384 g/mol. The Morgan fingerprint density at radius 2 is 1.64 bits per heavy atom. The fraction of sp³-hybridized carbons (Fsp3) is 0.0556. The molecule has 0 aliphatic heterocycles. The summed E-state index contributed by atoms with van der Waals surface area (Å²) in [7, 11) is 1.60. The van der Waals surface area contributed by atoms with Crippen LogP contribution in [-0.4, -0.2) is 26.9 Å². The first-order valence-electron chi connectivity index (χ1n) is 7.54. The second-order valence-corrected chi connectivity index (χ2v) is 6.14. The minimum Gasteiger partial charge on any atom is -0.493 e. The fourth-order valence-electron chi connectivity index (χ4n) is 2.42. The molecule has 2 aromatic heterocycles. The topological polar surface area (TPSA) is 61.5 Å². The third-order valence-corrected chi connectivity index (χ3v) is 4.15. The van der Waals surface area contributed by atoms with Crippen LogP contribution in [-0.2, 0) is 0 Å². The Balaban J connectivity index is 1.74. The van der Waals surface area contributed by atoms with Crippen LogP contribution in [0.5, 0.6) is 17.4 Å². The van der Waals surface area contributed by atoms with Crippen LogP contribution in [0, 0.1) is 0 Å². The normalized spacial score (nSPS) is 10.8. The average Bonchev–Trinajstić information content (AvgIpc) is 3.06. The van der Waals surface area contributed by atoms with Gasteiger partial charge in [-0.05, 0) is 30.3 Å². The van der Waals surface area contributed by atoms with Crippen LogP contribution >= 0.6 is 15.9 Å². The van der Waals surface area contributed by atoms with Gasteiger partial charge in [0.25, 0.3) is 0 Å². The van der Waals surface area contributed by atoms with Crippen LogP contribution in [0.4, 0.5) is 0 Å². The molecule has 6 nitrogen and oxygen atoms in total. The summed E-state index contributed by atoms with van der Waals surface area (Å²) in [5.74, 6) is 2.31. The van der Waals surface area contributed by atoms with E-state index in [-0.39, 0.29) is 0 Å². The summed E-state index contributed by atoms with van der Waals surface area (Å²) in [6.07, 6.45) is 0. The van der Waals surface area contributed by atoms with E-state index in [1.54, 1.807) is 17.7 Å². The summed E-state index contributed by atoms with van der Waals surface area (Å²) in [5.41, 5.74) is 1.56. The molecule has 0 atom stereocenters. The summed E-state index contributed by atoms with van der Waals surface area (Å²) in [6, 6.07) is 18.8. The van der Waals surface area contributed by atoms with Crippen molar-refractivity contribution in [3.63, 3.8) is 0 Å². The number of benzene rings is 2. The molecule has 0 spiro atoms. The van der Waals surface area contributed by atoms with Gasteiger partial charge < -0.3 is 9.47 Å². The Bertz CT molecular complexity index is 1030. The van der Waals surface area contributed by atoms with Gasteiger partial charge in [-0.3, -0.25) is 0 Å². The highest BCUT2D eigenvalue weighted by Gasteiger charge is 2.12.